The zero-order valence-electron chi connectivity index (χ0n) is 20.1. The van der Waals surface area contributed by atoms with Gasteiger partial charge in [-0.05, 0) is 107 Å². The van der Waals surface area contributed by atoms with Crippen LogP contribution in [-0.2, 0) is 16.4 Å². The number of nitrogens with zero attached hydrogens (tertiary/aromatic N) is 2. The van der Waals surface area contributed by atoms with Crippen LogP contribution in [0.15, 0.2) is 53.6 Å². The molecule has 3 aromatic rings. The minimum absolute atomic E-state index is 0.247. The summed E-state index contributed by atoms with van der Waals surface area (Å²) >= 11 is 0. The number of hydrogen-bond acceptors (Lipinski definition) is 5. The molecule has 1 saturated carbocycles. The molecule has 6 nitrogen and oxygen atoms in total. The molecule has 0 radical (unpaired) electrons. The third kappa shape index (κ3) is 4.56. The van der Waals surface area contributed by atoms with Gasteiger partial charge in [0.15, 0.2) is 0 Å². The van der Waals surface area contributed by atoms with Gasteiger partial charge >= 0.3 is 0 Å². The topological polar surface area (TPSA) is 60.8 Å². The largest absolute Gasteiger partial charge is 0.497 e. The zero-order valence-corrected chi connectivity index (χ0v) is 20.9. The van der Waals surface area contributed by atoms with Crippen molar-refractivity contribution in [1.29, 1.82) is 0 Å². The summed E-state index contributed by atoms with van der Waals surface area (Å²) in [5.41, 5.74) is 1.75. The highest BCUT2D eigenvalue weighted by molar-refractivity contribution is 7.90. The number of methoxy groups -OCH3 is 1. The Morgan fingerprint density at radius 1 is 0.941 bits per heavy atom. The molecule has 2 aliphatic rings. The number of aromatic nitrogens is 1. The van der Waals surface area contributed by atoms with Gasteiger partial charge in [0.2, 0.25) is 0 Å². The fraction of sp³-hybridized carbons (Fsp3) is 0.481. The summed E-state index contributed by atoms with van der Waals surface area (Å²) in [5, 5.41) is 0.964. The van der Waals surface area contributed by atoms with E-state index < -0.39 is 10.0 Å². The minimum Gasteiger partial charge on any atom is -0.497 e. The second-order valence-corrected chi connectivity index (χ2v) is 11.5. The van der Waals surface area contributed by atoms with Crippen LogP contribution >= 0.6 is 0 Å². The van der Waals surface area contributed by atoms with Crippen LogP contribution in [0.5, 0.6) is 11.5 Å². The second kappa shape index (κ2) is 9.62. The van der Waals surface area contributed by atoms with E-state index in [2.05, 4.69) is 11.9 Å². The number of ether oxygens (including phenoxy) is 2. The highest BCUT2D eigenvalue weighted by atomic mass is 32.2. The van der Waals surface area contributed by atoms with E-state index in [0.717, 1.165) is 48.9 Å². The van der Waals surface area contributed by atoms with Gasteiger partial charge < -0.3 is 14.4 Å². The molecule has 2 fully saturated rings. The van der Waals surface area contributed by atoms with E-state index in [1.165, 1.54) is 29.7 Å². The minimum atomic E-state index is -3.75. The van der Waals surface area contributed by atoms with Crippen molar-refractivity contribution in [3.8, 4) is 11.5 Å². The summed E-state index contributed by atoms with van der Waals surface area (Å²) < 4.78 is 40.3. The maximum absolute atomic E-state index is 13.6. The van der Waals surface area contributed by atoms with Crippen molar-refractivity contribution in [3.05, 3.63) is 54.2 Å². The van der Waals surface area contributed by atoms with Crippen LogP contribution in [-0.4, -0.2) is 50.1 Å². The summed E-state index contributed by atoms with van der Waals surface area (Å²) in [6.45, 7) is 1.09. The Bertz CT molecular complexity index is 1240. The molecular weight excluding hydrogens is 448 g/mol. The number of likely N-dealkylation sites (tertiary alicyclic amines) is 1. The fourth-order valence-electron chi connectivity index (χ4n) is 5.41. The molecule has 5 rings (SSSR count). The van der Waals surface area contributed by atoms with Gasteiger partial charge in [-0.25, -0.2) is 12.4 Å². The molecule has 34 heavy (non-hydrogen) atoms. The first-order valence-corrected chi connectivity index (χ1v) is 13.8. The molecule has 182 valence electrons. The molecule has 1 saturated heterocycles. The van der Waals surface area contributed by atoms with Crippen molar-refractivity contribution in [3.63, 3.8) is 0 Å². The molecule has 0 spiro atoms. The molecule has 1 aliphatic carbocycles. The Kier molecular flexibility index (Phi) is 6.58. The average Bonchev–Trinajstić information content (AvgIpc) is 3.43. The number of rotatable bonds is 7. The van der Waals surface area contributed by atoms with E-state index >= 15 is 0 Å². The van der Waals surface area contributed by atoms with Gasteiger partial charge in [-0.1, -0.05) is 6.42 Å². The quantitative estimate of drug-likeness (QED) is 0.461. The van der Waals surface area contributed by atoms with Gasteiger partial charge in [0.25, 0.3) is 10.0 Å². The summed E-state index contributed by atoms with van der Waals surface area (Å²) in [6, 6.07) is 12.9. The van der Waals surface area contributed by atoms with Crippen LogP contribution in [0.3, 0.4) is 0 Å². The van der Waals surface area contributed by atoms with E-state index in [-0.39, 0.29) is 11.0 Å². The van der Waals surface area contributed by atoms with Crippen LogP contribution in [0.1, 0.15) is 50.5 Å². The number of benzene rings is 2. The normalized spacial score (nSPS) is 20.1. The van der Waals surface area contributed by atoms with Gasteiger partial charge in [0, 0.05) is 17.6 Å². The third-order valence-electron chi connectivity index (χ3n) is 7.42. The monoisotopic (exact) mass is 482 g/mol. The summed E-state index contributed by atoms with van der Waals surface area (Å²) in [6.07, 6.45) is 11.1. The van der Waals surface area contributed by atoms with Crippen LogP contribution in [0.2, 0.25) is 0 Å². The predicted octanol–water partition coefficient (Wildman–Crippen LogP) is 5.24. The summed E-state index contributed by atoms with van der Waals surface area (Å²) in [4.78, 5) is 2.63. The van der Waals surface area contributed by atoms with Crippen molar-refractivity contribution in [1.82, 2.24) is 8.87 Å². The van der Waals surface area contributed by atoms with Crippen LogP contribution < -0.4 is 9.47 Å². The van der Waals surface area contributed by atoms with Crippen LogP contribution in [0.4, 0.5) is 0 Å². The van der Waals surface area contributed by atoms with Crippen molar-refractivity contribution >= 4 is 20.9 Å². The van der Waals surface area contributed by atoms with Crippen molar-refractivity contribution < 1.29 is 17.9 Å². The Labute approximate surface area is 202 Å². The molecule has 0 bridgehead atoms. The molecule has 0 amide bonds. The number of likely N-dealkylation sites (N-methyl/N-ethyl adjacent to an activating group) is 1. The molecule has 1 aromatic heterocycles. The van der Waals surface area contributed by atoms with Gasteiger partial charge in [-0.15, -0.1) is 0 Å². The highest BCUT2D eigenvalue weighted by Gasteiger charge is 2.26. The molecule has 1 aliphatic heterocycles. The van der Waals surface area contributed by atoms with E-state index in [1.54, 1.807) is 31.4 Å². The van der Waals surface area contributed by atoms with E-state index in [4.69, 9.17) is 9.47 Å². The fourth-order valence-corrected chi connectivity index (χ4v) is 6.80. The first-order valence-electron chi connectivity index (χ1n) is 12.4. The van der Waals surface area contributed by atoms with Gasteiger partial charge in [-0.2, -0.15) is 0 Å². The lowest BCUT2D eigenvalue weighted by atomic mass is 9.98. The Balaban J connectivity index is 1.55. The van der Waals surface area contributed by atoms with Gasteiger partial charge in [0.05, 0.1) is 23.6 Å². The van der Waals surface area contributed by atoms with Crippen LogP contribution in [0.25, 0.3) is 10.9 Å². The molecular formula is C27H34N2O4S. The average molecular weight is 483 g/mol. The summed E-state index contributed by atoms with van der Waals surface area (Å²) in [7, 11) is -0.0232. The Hall–Kier alpha value is -2.51. The van der Waals surface area contributed by atoms with Crippen LogP contribution in [0, 0.1) is 0 Å². The molecule has 2 heterocycles. The number of hydrogen-bond donors (Lipinski definition) is 0. The molecule has 7 heteroatoms. The molecule has 2 aromatic carbocycles. The lowest BCUT2D eigenvalue weighted by Crippen LogP contribution is -2.26. The lowest BCUT2D eigenvalue weighted by Gasteiger charge is -2.23. The van der Waals surface area contributed by atoms with Gasteiger partial charge in [-0.3, -0.25) is 0 Å². The maximum Gasteiger partial charge on any atom is 0.268 e. The second-order valence-electron chi connectivity index (χ2n) is 9.67. The van der Waals surface area contributed by atoms with Crippen molar-refractivity contribution in [2.45, 2.75) is 68.4 Å². The van der Waals surface area contributed by atoms with E-state index in [1.807, 2.05) is 24.4 Å². The SMILES string of the molecule is COc1ccc(S(=O)(=O)n2cc(CC3CCCN3C)c3cc(OC4CCCCC4)ccc32)cc1. The first kappa shape index (κ1) is 23.2. The standard InChI is InChI=1S/C27H34N2O4S/c1-28-16-6-7-21(28)17-20-19-29(34(30,31)25-13-10-22(32-2)11-14-25)27-15-12-24(18-26(20)27)33-23-8-4-3-5-9-23/h10-15,18-19,21,23H,3-9,16-17H2,1-2H3. The smallest absolute Gasteiger partial charge is 0.268 e. The molecule has 0 N–H and O–H groups in total. The van der Waals surface area contributed by atoms with E-state index in [9.17, 15) is 8.42 Å². The van der Waals surface area contributed by atoms with Crippen molar-refractivity contribution in [2.24, 2.45) is 0 Å². The lowest BCUT2D eigenvalue weighted by molar-refractivity contribution is 0.155. The van der Waals surface area contributed by atoms with E-state index in [0.29, 0.717) is 17.3 Å². The maximum atomic E-state index is 13.6. The third-order valence-corrected chi connectivity index (χ3v) is 9.11. The molecule has 1 atom stereocenters. The summed E-state index contributed by atoms with van der Waals surface area (Å²) in [5.74, 6) is 1.46. The Morgan fingerprint density at radius 2 is 1.68 bits per heavy atom. The predicted molar refractivity (Wildman–Crippen MR) is 134 cm³/mol. The van der Waals surface area contributed by atoms with Crippen molar-refractivity contribution in [2.75, 3.05) is 20.7 Å². The molecule has 1 unspecified atom stereocenters. The number of fused-ring (bicyclic) bond motifs is 1. The Morgan fingerprint density at radius 3 is 2.35 bits per heavy atom. The zero-order chi connectivity index (χ0) is 23.7. The van der Waals surface area contributed by atoms with Gasteiger partial charge in [0.1, 0.15) is 11.5 Å². The first-order chi connectivity index (χ1) is 16.5. The highest BCUT2D eigenvalue weighted by Crippen LogP contribution is 2.33.